The molecule has 138 valence electrons. The molecule has 1 atom stereocenters. The van der Waals surface area contributed by atoms with Gasteiger partial charge in [0, 0.05) is 19.6 Å². The molecule has 0 spiro atoms. The number of aromatic nitrogens is 3. The number of rotatable bonds is 6. The van der Waals surface area contributed by atoms with Crippen LogP contribution in [0.4, 0.5) is 4.39 Å². The van der Waals surface area contributed by atoms with Gasteiger partial charge in [0.05, 0.1) is 19.0 Å². The lowest BCUT2D eigenvalue weighted by Crippen LogP contribution is -2.56. The number of hydrogen-bond acceptors (Lipinski definition) is 5. The molecule has 0 bridgehead atoms. The molecule has 1 saturated heterocycles. The minimum Gasteiger partial charge on any atom is -0.353 e. The Balaban J connectivity index is 1.60. The number of nitrogens with one attached hydrogen (secondary N) is 3. The minimum absolute atomic E-state index is 0.0184. The minimum atomic E-state index is -0.596. The Morgan fingerprint density at radius 1 is 1.46 bits per heavy atom. The van der Waals surface area contributed by atoms with Crippen LogP contribution in [-0.2, 0) is 22.7 Å². The highest BCUT2D eigenvalue weighted by Crippen LogP contribution is 2.14. The maximum atomic E-state index is 13.4. The molecule has 1 aliphatic heterocycles. The Kier molecular flexibility index (Phi) is 5.57. The van der Waals surface area contributed by atoms with Crippen molar-refractivity contribution in [2.24, 2.45) is 0 Å². The quantitative estimate of drug-likeness (QED) is 0.686. The second-order valence-electron chi connectivity index (χ2n) is 6.23. The van der Waals surface area contributed by atoms with Crippen molar-refractivity contribution >= 4 is 11.8 Å². The Hall–Kier alpha value is -2.81. The van der Waals surface area contributed by atoms with Crippen LogP contribution in [0.3, 0.4) is 0 Å². The predicted molar refractivity (Wildman–Crippen MR) is 91.2 cm³/mol. The highest BCUT2D eigenvalue weighted by atomic mass is 19.1. The largest absolute Gasteiger partial charge is 0.353 e. The number of carbonyl (C=O) groups excluding carboxylic acids is 2. The van der Waals surface area contributed by atoms with Crippen LogP contribution in [0.1, 0.15) is 23.6 Å². The van der Waals surface area contributed by atoms with Gasteiger partial charge in [-0.3, -0.25) is 19.6 Å². The first-order chi connectivity index (χ1) is 12.5. The first kappa shape index (κ1) is 18.0. The van der Waals surface area contributed by atoms with Crippen molar-refractivity contribution in [1.82, 2.24) is 30.7 Å². The first-order valence-corrected chi connectivity index (χ1v) is 8.42. The molecule has 9 heteroatoms. The monoisotopic (exact) mass is 360 g/mol. The Bertz CT molecular complexity index is 793. The van der Waals surface area contributed by atoms with Gasteiger partial charge < -0.3 is 10.6 Å². The van der Waals surface area contributed by atoms with Gasteiger partial charge in [-0.1, -0.05) is 12.1 Å². The molecule has 2 aromatic rings. The number of piperazine rings is 1. The van der Waals surface area contributed by atoms with Gasteiger partial charge in [-0.25, -0.2) is 9.37 Å². The summed E-state index contributed by atoms with van der Waals surface area (Å²) in [5, 5.41) is 12.2. The molecule has 2 heterocycles. The number of aryl methyl sites for hydroxylation is 1. The fourth-order valence-corrected chi connectivity index (χ4v) is 2.94. The standard InChI is InChI=1S/C17H21FN6O2/c1-11-21-15(23-22-11)9-20-16(25)8-14-17(26)19-5-6-24(14)10-12-3-2-4-13(18)7-12/h2-4,7,14H,5-6,8-10H2,1H3,(H,19,26)(H,20,25)(H,21,22,23)/t14-/m1/s1. The summed E-state index contributed by atoms with van der Waals surface area (Å²) in [5.41, 5.74) is 0.765. The third kappa shape index (κ3) is 4.63. The van der Waals surface area contributed by atoms with E-state index in [4.69, 9.17) is 0 Å². The van der Waals surface area contributed by atoms with E-state index in [1.54, 1.807) is 19.1 Å². The molecule has 1 aliphatic rings. The van der Waals surface area contributed by atoms with E-state index in [1.807, 2.05) is 4.90 Å². The van der Waals surface area contributed by atoms with Gasteiger partial charge in [0.2, 0.25) is 11.8 Å². The molecule has 8 nitrogen and oxygen atoms in total. The van der Waals surface area contributed by atoms with Gasteiger partial charge in [0.15, 0.2) is 5.82 Å². The molecule has 3 rings (SSSR count). The molecule has 26 heavy (non-hydrogen) atoms. The van der Waals surface area contributed by atoms with E-state index < -0.39 is 6.04 Å². The van der Waals surface area contributed by atoms with Crippen molar-refractivity contribution in [3.63, 3.8) is 0 Å². The lowest BCUT2D eigenvalue weighted by molar-refractivity contribution is -0.134. The van der Waals surface area contributed by atoms with Crippen molar-refractivity contribution in [2.75, 3.05) is 13.1 Å². The maximum Gasteiger partial charge on any atom is 0.237 e. The van der Waals surface area contributed by atoms with Crippen molar-refractivity contribution < 1.29 is 14.0 Å². The second kappa shape index (κ2) is 8.05. The summed E-state index contributed by atoms with van der Waals surface area (Å²) in [4.78, 5) is 30.5. The van der Waals surface area contributed by atoms with Crippen LogP contribution in [-0.4, -0.2) is 51.0 Å². The zero-order valence-corrected chi connectivity index (χ0v) is 14.5. The third-order valence-electron chi connectivity index (χ3n) is 4.18. The van der Waals surface area contributed by atoms with Crippen molar-refractivity contribution in [2.45, 2.75) is 32.5 Å². The van der Waals surface area contributed by atoms with Crippen LogP contribution in [0.2, 0.25) is 0 Å². The normalized spacial score (nSPS) is 17.8. The number of benzene rings is 1. The first-order valence-electron chi connectivity index (χ1n) is 8.42. The zero-order valence-electron chi connectivity index (χ0n) is 14.5. The Morgan fingerprint density at radius 2 is 2.31 bits per heavy atom. The molecule has 3 N–H and O–H groups in total. The van der Waals surface area contributed by atoms with Gasteiger partial charge >= 0.3 is 0 Å². The average molecular weight is 360 g/mol. The summed E-state index contributed by atoms with van der Waals surface area (Å²) < 4.78 is 13.4. The molecule has 2 amide bonds. The molecular formula is C17H21FN6O2. The number of carbonyl (C=O) groups is 2. The van der Waals surface area contributed by atoms with Crippen molar-refractivity contribution in [3.8, 4) is 0 Å². The van der Waals surface area contributed by atoms with E-state index in [0.717, 1.165) is 5.56 Å². The molecule has 0 unspecified atom stereocenters. The summed E-state index contributed by atoms with van der Waals surface area (Å²) in [7, 11) is 0. The SMILES string of the molecule is Cc1nc(CNC(=O)C[C@@H]2C(=O)NCCN2Cc2cccc(F)c2)n[nH]1. The van der Waals surface area contributed by atoms with Gasteiger partial charge in [-0.2, -0.15) is 5.10 Å². The molecule has 0 aliphatic carbocycles. The molecule has 1 aromatic carbocycles. The summed E-state index contributed by atoms with van der Waals surface area (Å²) in [5.74, 6) is 0.373. The second-order valence-corrected chi connectivity index (χ2v) is 6.23. The van der Waals surface area contributed by atoms with Crippen LogP contribution in [0.15, 0.2) is 24.3 Å². The highest BCUT2D eigenvalue weighted by Gasteiger charge is 2.31. The highest BCUT2D eigenvalue weighted by molar-refractivity contribution is 5.88. The van der Waals surface area contributed by atoms with E-state index in [2.05, 4.69) is 25.8 Å². The molecule has 1 fully saturated rings. The number of aromatic amines is 1. The zero-order chi connectivity index (χ0) is 18.5. The Morgan fingerprint density at radius 3 is 3.04 bits per heavy atom. The van der Waals surface area contributed by atoms with Gasteiger partial charge in [0.25, 0.3) is 0 Å². The summed E-state index contributed by atoms with van der Waals surface area (Å²) >= 11 is 0. The number of amides is 2. The van der Waals surface area contributed by atoms with E-state index in [9.17, 15) is 14.0 Å². The van der Waals surface area contributed by atoms with E-state index in [1.165, 1.54) is 12.1 Å². The molecule has 1 aromatic heterocycles. The third-order valence-corrected chi connectivity index (χ3v) is 4.18. The molecule has 0 radical (unpaired) electrons. The van der Waals surface area contributed by atoms with Crippen LogP contribution in [0, 0.1) is 12.7 Å². The average Bonchev–Trinajstić information content (AvgIpc) is 3.02. The lowest BCUT2D eigenvalue weighted by Gasteiger charge is -2.34. The number of halogens is 1. The Labute approximate surface area is 150 Å². The fourth-order valence-electron chi connectivity index (χ4n) is 2.94. The van der Waals surface area contributed by atoms with Gasteiger partial charge in [-0.05, 0) is 24.6 Å². The molecule has 0 saturated carbocycles. The van der Waals surface area contributed by atoms with Crippen molar-refractivity contribution in [3.05, 3.63) is 47.3 Å². The smallest absolute Gasteiger partial charge is 0.237 e. The molecular weight excluding hydrogens is 339 g/mol. The summed E-state index contributed by atoms with van der Waals surface area (Å²) in [6.45, 7) is 3.47. The predicted octanol–water partition coefficient (Wildman–Crippen LogP) is 0.259. The number of nitrogens with zero attached hydrogens (tertiary/aromatic N) is 3. The fraction of sp³-hybridized carbons (Fsp3) is 0.412. The van der Waals surface area contributed by atoms with Crippen LogP contribution < -0.4 is 10.6 Å². The number of hydrogen-bond donors (Lipinski definition) is 3. The van der Waals surface area contributed by atoms with E-state index >= 15 is 0 Å². The maximum absolute atomic E-state index is 13.4. The van der Waals surface area contributed by atoms with Gasteiger partial charge in [-0.15, -0.1) is 0 Å². The van der Waals surface area contributed by atoms with Gasteiger partial charge in [0.1, 0.15) is 11.6 Å². The summed E-state index contributed by atoms with van der Waals surface area (Å²) in [6, 6.07) is 5.66. The van der Waals surface area contributed by atoms with E-state index in [-0.39, 0.29) is 30.6 Å². The number of H-pyrrole nitrogens is 1. The lowest BCUT2D eigenvalue weighted by atomic mass is 10.1. The van der Waals surface area contributed by atoms with Crippen LogP contribution in [0.5, 0.6) is 0 Å². The van der Waals surface area contributed by atoms with E-state index in [0.29, 0.717) is 31.3 Å². The van der Waals surface area contributed by atoms with Crippen molar-refractivity contribution in [1.29, 1.82) is 0 Å². The van der Waals surface area contributed by atoms with Crippen LogP contribution in [0.25, 0.3) is 0 Å². The summed E-state index contributed by atoms with van der Waals surface area (Å²) in [6.07, 6.45) is 0.0184. The van der Waals surface area contributed by atoms with Crippen LogP contribution >= 0.6 is 0 Å². The topological polar surface area (TPSA) is 103 Å².